The van der Waals surface area contributed by atoms with E-state index in [1.807, 2.05) is 12.1 Å². The Morgan fingerprint density at radius 3 is 2.56 bits per heavy atom. The minimum Gasteiger partial charge on any atom is -0.348 e. The van der Waals surface area contributed by atoms with Crippen LogP contribution < -0.4 is 16.4 Å². The fraction of sp³-hybridized carbons (Fsp3) is 0.385. The summed E-state index contributed by atoms with van der Waals surface area (Å²) in [5, 5.41) is 5.33. The highest BCUT2D eigenvalue weighted by Crippen LogP contribution is 2.08. The van der Waals surface area contributed by atoms with Gasteiger partial charge in [0.15, 0.2) is 0 Å². The van der Waals surface area contributed by atoms with Crippen LogP contribution in [0.25, 0.3) is 0 Å². The Labute approximate surface area is 106 Å². The molecular formula is C13H17N3O2. The summed E-state index contributed by atoms with van der Waals surface area (Å²) in [4.78, 5) is 23.2. The van der Waals surface area contributed by atoms with E-state index >= 15 is 0 Å². The molecule has 5 nitrogen and oxygen atoms in total. The number of amides is 2. The van der Waals surface area contributed by atoms with E-state index < -0.39 is 6.04 Å². The second kappa shape index (κ2) is 5.18. The molecule has 0 unspecified atom stereocenters. The first-order valence-electron chi connectivity index (χ1n) is 6.06. The number of benzene rings is 1. The molecule has 1 fully saturated rings. The van der Waals surface area contributed by atoms with Crippen LogP contribution in [-0.2, 0) is 11.2 Å². The van der Waals surface area contributed by atoms with Gasteiger partial charge in [0.2, 0.25) is 5.91 Å². The van der Waals surface area contributed by atoms with E-state index in [-0.39, 0.29) is 17.9 Å². The topological polar surface area (TPSA) is 84.2 Å². The molecule has 1 aliphatic rings. The fourth-order valence-electron chi connectivity index (χ4n) is 1.92. The Morgan fingerprint density at radius 2 is 2.06 bits per heavy atom. The van der Waals surface area contributed by atoms with Crippen LogP contribution in [0, 0.1) is 0 Å². The van der Waals surface area contributed by atoms with E-state index in [4.69, 9.17) is 5.73 Å². The SMILES string of the molecule is CCc1ccc(C(=O)N[C@H]2C(=O)N[C@H]2CN)cc1. The molecule has 2 rings (SSSR count). The molecule has 1 aromatic carbocycles. The van der Waals surface area contributed by atoms with Gasteiger partial charge >= 0.3 is 0 Å². The van der Waals surface area contributed by atoms with E-state index in [0.717, 1.165) is 6.42 Å². The maximum atomic E-state index is 11.9. The van der Waals surface area contributed by atoms with Gasteiger partial charge in [-0.25, -0.2) is 0 Å². The molecule has 5 heteroatoms. The average Bonchev–Trinajstić information content (AvgIpc) is 2.41. The smallest absolute Gasteiger partial charge is 0.251 e. The van der Waals surface area contributed by atoms with Gasteiger partial charge in [-0.3, -0.25) is 9.59 Å². The van der Waals surface area contributed by atoms with Gasteiger partial charge < -0.3 is 16.4 Å². The molecule has 4 N–H and O–H groups in total. The molecule has 1 aliphatic heterocycles. The molecule has 0 spiro atoms. The lowest BCUT2D eigenvalue weighted by atomic mass is 9.98. The summed E-state index contributed by atoms with van der Waals surface area (Å²) >= 11 is 0. The summed E-state index contributed by atoms with van der Waals surface area (Å²) in [6.07, 6.45) is 0.933. The van der Waals surface area contributed by atoms with Crippen LogP contribution in [0.1, 0.15) is 22.8 Å². The van der Waals surface area contributed by atoms with E-state index in [2.05, 4.69) is 17.6 Å². The van der Waals surface area contributed by atoms with E-state index in [9.17, 15) is 9.59 Å². The van der Waals surface area contributed by atoms with Crippen molar-refractivity contribution in [2.75, 3.05) is 6.54 Å². The van der Waals surface area contributed by atoms with Crippen molar-refractivity contribution in [3.05, 3.63) is 35.4 Å². The number of hydrogen-bond acceptors (Lipinski definition) is 3. The molecule has 0 aromatic heterocycles. The Hall–Kier alpha value is -1.88. The number of carbonyl (C=O) groups is 2. The first kappa shape index (κ1) is 12.6. The van der Waals surface area contributed by atoms with Gasteiger partial charge in [-0.15, -0.1) is 0 Å². The zero-order chi connectivity index (χ0) is 13.1. The van der Waals surface area contributed by atoms with Gasteiger partial charge in [0.25, 0.3) is 5.91 Å². The molecule has 96 valence electrons. The molecule has 0 aliphatic carbocycles. The molecule has 0 radical (unpaired) electrons. The highest BCUT2D eigenvalue weighted by molar-refractivity contribution is 5.99. The number of nitrogens with two attached hydrogens (primary N) is 1. The number of hydrogen-bond donors (Lipinski definition) is 3. The van der Waals surface area contributed by atoms with Crippen LogP contribution in [0.4, 0.5) is 0 Å². The van der Waals surface area contributed by atoms with Crippen molar-refractivity contribution < 1.29 is 9.59 Å². The number of β-lactam (4-membered cyclic amide) rings is 1. The molecule has 1 aromatic rings. The largest absolute Gasteiger partial charge is 0.348 e. The van der Waals surface area contributed by atoms with Crippen LogP contribution in [0.5, 0.6) is 0 Å². The third-order valence-corrected chi connectivity index (χ3v) is 3.18. The minimum atomic E-state index is -0.506. The van der Waals surface area contributed by atoms with Gasteiger partial charge in [-0.2, -0.15) is 0 Å². The van der Waals surface area contributed by atoms with Gasteiger partial charge in [0.1, 0.15) is 6.04 Å². The van der Waals surface area contributed by atoms with Crippen LogP contribution >= 0.6 is 0 Å². The van der Waals surface area contributed by atoms with Crippen molar-refractivity contribution in [1.29, 1.82) is 0 Å². The first-order chi connectivity index (χ1) is 8.65. The van der Waals surface area contributed by atoms with Crippen molar-refractivity contribution in [1.82, 2.24) is 10.6 Å². The zero-order valence-corrected chi connectivity index (χ0v) is 10.3. The van der Waals surface area contributed by atoms with Crippen LogP contribution in [0.2, 0.25) is 0 Å². The standard InChI is InChI=1S/C13H17N3O2/c1-2-8-3-5-9(6-4-8)12(17)16-11-10(7-14)15-13(11)18/h3-6,10-11H,2,7,14H2,1H3,(H,15,18)(H,16,17)/t10-,11+/m0/s1. The van der Waals surface area contributed by atoms with Crippen molar-refractivity contribution in [3.63, 3.8) is 0 Å². The lowest BCUT2D eigenvalue weighted by Gasteiger charge is -2.36. The second-order valence-electron chi connectivity index (χ2n) is 4.35. The first-order valence-corrected chi connectivity index (χ1v) is 6.06. The van der Waals surface area contributed by atoms with Crippen molar-refractivity contribution >= 4 is 11.8 Å². The Kier molecular flexibility index (Phi) is 3.62. The monoisotopic (exact) mass is 247 g/mol. The maximum absolute atomic E-state index is 11.9. The van der Waals surface area contributed by atoms with E-state index in [1.54, 1.807) is 12.1 Å². The van der Waals surface area contributed by atoms with Crippen LogP contribution in [-0.4, -0.2) is 30.4 Å². The number of rotatable bonds is 4. The number of nitrogens with one attached hydrogen (secondary N) is 2. The van der Waals surface area contributed by atoms with Crippen molar-refractivity contribution in [2.45, 2.75) is 25.4 Å². The van der Waals surface area contributed by atoms with E-state index in [1.165, 1.54) is 5.56 Å². The molecule has 18 heavy (non-hydrogen) atoms. The zero-order valence-electron chi connectivity index (χ0n) is 10.3. The lowest BCUT2D eigenvalue weighted by molar-refractivity contribution is -0.131. The summed E-state index contributed by atoms with van der Waals surface area (Å²) < 4.78 is 0. The molecular weight excluding hydrogens is 230 g/mol. The maximum Gasteiger partial charge on any atom is 0.251 e. The number of aryl methyl sites for hydroxylation is 1. The summed E-state index contributed by atoms with van der Waals surface area (Å²) in [6, 6.07) is 6.70. The number of carbonyl (C=O) groups excluding carboxylic acids is 2. The predicted molar refractivity (Wildman–Crippen MR) is 68.1 cm³/mol. The lowest BCUT2D eigenvalue weighted by Crippen LogP contribution is -2.71. The van der Waals surface area contributed by atoms with Gasteiger partial charge in [-0.05, 0) is 24.1 Å². The fourth-order valence-corrected chi connectivity index (χ4v) is 1.92. The Balaban J connectivity index is 2.00. The van der Waals surface area contributed by atoms with E-state index in [0.29, 0.717) is 12.1 Å². The molecule has 0 bridgehead atoms. The molecule has 2 atom stereocenters. The average molecular weight is 247 g/mol. The van der Waals surface area contributed by atoms with Crippen LogP contribution in [0.15, 0.2) is 24.3 Å². The second-order valence-corrected chi connectivity index (χ2v) is 4.35. The quantitative estimate of drug-likeness (QED) is 0.644. The minimum absolute atomic E-state index is 0.156. The van der Waals surface area contributed by atoms with Gasteiger partial charge in [0.05, 0.1) is 6.04 Å². The highest BCUT2D eigenvalue weighted by atomic mass is 16.2. The summed E-state index contributed by atoms with van der Waals surface area (Å²) in [5.41, 5.74) is 7.20. The third kappa shape index (κ3) is 2.36. The van der Waals surface area contributed by atoms with Crippen molar-refractivity contribution in [2.24, 2.45) is 5.73 Å². The Bertz CT molecular complexity index is 456. The summed E-state index contributed by atoms with van der Waals surface area (Å²) in [6.45, 7) is 2.38. The highest BCUT2D eigenvalue weighted by Gasteiger charge is 2.39. The predicted octanol–water partition coefficient (Wildman–Crippen LogP) is -0.195. The molecule has 2 amide bonds. The normalized spacial score (nSPS) is 22.0. The molecule has 1 saturated heterocycles. The summed E-state index contributed by atoms with van der Waals surface area (Å²) in [7, 11) is 0. The van der Waals surface area contributed by atoms with Crippen LogP contribution in [0.3, 0.4) is 0 Å². The van der Waals surface area contributed by atoms with Gasteiger partial charge in [-0.1, -0.05) is 19.1 Å². The third-order valence-electron chi connectivity index (χ3n) is 3.18. The molecule has 1 heterocycles. The van der Waals surface area contributed by atoms with Crippen molar-refractivity contribution in [3.8, 4) is 0 Å². The molecule has 0 saturated carbocycles. The van der Waals surface area contributed by atoms with Gasteiger partial charge in [0, 0.05) is 12.1 Å². The Morgan fingerprint density at radius 1 is 1.39 bits per heavy atom. The summed E-state index contributed by atoms with van der Waals surface area (Å²) in [5.74, 6) is -0.417.